The van der Waals surface area contributed by atoms with E-state index in [1.807, 2.05) is 11.3 Å². The van der Waals surface area contributed by atoms with Crippen molar-refractivity contribution in [2.24, 2.45) is 0 Å². The number of thiophene rings is 1. The predicted octanol–water partition coefficient (Wildman–Crippen LogP) is 16.5. The number of hydrogen-bond donors (Lipinski definition) is 0. The van der Waals surface area contributed by atoms with Crippen LogP contribution in [0.25, 0.3) is 41.7 Å². The molecule has 0 aliphatic carbocycles. The molecule has 0 saturated heterocycles. The fraction of sp³-hybridized carbons (Fsp3) is 0.185. The molecule has 0 spiro atoms. The van der Waals surface area contributed by atoms with E-state index in [2.05, 4.69) is 223 Å². The van der Waals surface area contributed by atoms with E-state index in [1.165, 1.54) is 75.3 Å². The zero-order valence-corrected chi connectivity index (χ0v) is 35.1. The highest BCUT2D eigenvalue weighted by molar-refractivity contribution is 7.26. The molecule has 0 unspecified atom stereocenters. The Bertz CT molecular complexity index is 2710. The highest BCUT2D eigenvalue weighted by atomic mass is 32.1. The third kappa shape index (κ3) is 6.64. The molecule has 0 atom stereocenters. The Morgan fingerprint density at radius 2 is 0.719 bits per heavy atom. The van der Waals surface area contributed by atoms with Crippen LogP contribution in [0.3, 0.4) is 0 Å². The third-order valence-electron chi connectivity index (χ3n) is 11.7. The third-order valence-corrected chi connectivity index (χ3v) is 12.8. The van der Waals surface area contributed by atoms with Gasteiger partial charge in [0.15, 0.2) is 0 Å². The van der Waals surface area contributed by atoms with Crippen molar-refractivity contribution in [2.45, 2.75) is 66.2 Å². The number of hydrogen-bond acceptors (Lipinski definition) is 3. The van der Waals surface area contributed by atoms with Crippen molar-refractivity contribution in [3.63, 3.8) is 0 Å². The molecule has 0 radical (unpaired) electrons. The van der Waals surface area contributed by atoms with E-state index in [-0.39, 0.29) is 10.8 Å². The van der Waals surface area contributed by atoms with Gasteiger partial charge in [0.1, 0.15) is 0 Å². The molecule has 0 amide bonds. The molecule has 3 heteroatoms. The van der Waals surface area contributed by atoms with Crippen LogP contribution < -0.4 is 9.80 Å². The van der Waals surface area contributed by atoms with Crippen molar-refractivity contribution in [1.82, 2.24) is 0 Å². The van der Waals surface area contributed by atoms with Gasteiger partial charge in [0, 0.05) is 54.3 Å². The lowest BCUT2D eigenvalue weighted by Gasteiger charge is -2.28. The van der Waals surface area contributed by atoms with Gasteiger partial charge in [-0.1, -0.05) is 114 Å². The predicted molar refractivity (Wildman–Crippen MR) is 251 cm³/mol. The topological polar surface area (TPSA) is 6.48 Å². The molecule has 0 bridgehead atoms. The molecular weight excluding hydrogens is 709 g/mol. The Kier molecular flexibility index (Phi) is 8.98. The van der Waals surface area contributed by atoms with Gasteiger partial charge in [0.05, 0.1) is 0 Å². The summed E-state index contributed by atoms with van der Waals surface area (Å²) in [7, 11) is 0. The normalized spacial score (nSPS) is 12.2. The number of anilines is 6. The number of para-hydroxylation sites is 2. The fourth-order valence-corrected chi connectivity index (χ4v) is 9.55. The number of rotatable bonds is 6. The second-order valence-electron chi connectivity index (χ2n) is 17.6. The molecule has 0 aliphatic rings. The van der Waals surface area contributed by atoms with Crippen molar-refractivity contribution >= 4 is 87.2 Å². The minimum atomic E-state index is 0.0961. The van der Waals surface area contributed by atoms with E-state index in [0.29, 0.717) is 0 Å². The highest BCUT2D eigenvalue weighted by Crippen LogP contribution is 2.45. The van der Waals surface area contributed by atoms with E-state index in [1.54, 1.807) is 0 Å². The minimum Gasteiger partial charge on any atom is -0.310 e. The van der Waals surface area contributed by atoms with E-state index in [4.69, 9.17) is 0 Å². The quantitative estimate of drug-likeness (QED) is 0.167. The zero-order valence-electron chi connectivity index (χ0n) is 34.3. The second-order valence-corrected chi connectivity index (χ2v) is 18.7. The van der Waals surface area contributed by atoms with Crippen molar-refractivity contribution < 1.29 is 0 Å². The van der Waals surface area contributed by atoms with Crippen LogP contribution in [0.1, 0.15) is 63.8 Å². The Labute approximate surface area is 341 Å². The van der Waals surface area contributed by atoms with Gasteiger partial charge in [-0.25, -0.2) is 0 Å². The maximum absolute atomic E-state index is 2.43. The molecular formula is C54H50N2S. The maximum Gasteiger partial charge on any atom is 0.0497 e. The van der Waals surface area contributed by atoms with Gasteiger partial charge in [-0.3, -0.25) is 0 Å². The molecule has 0 fully saturated rings. The Morgan fingerprint density at radius 3 is 1.07 bits per heavy atom. The lowest BCUT2D eigenvalue weighted by atomic mass is 9.87. The summed E-state index contributed by atoms with van der Waals surface area (Å²) in [6.07, 6.45) is 0. The first-order valence-electron chi connectivity index (χ1n) is 20.1. The van der Waals surface area contributed by atoms with E-state index in [9.17, 15) is 0 Å². The first kappa shape index (κ1) is 36.7. The van der Waals surface area contributed by atoms with Crippen molar-refractivity contribution in [2.75, 3.05) is 9.80 Å². The monoisotopic (exact) mass is 758 g/mol. The standard InChI is InChI=1S/C54H50N2S/c1-35-45-33-51-47(31-37(45)19-29-49(35)55(41-15-11-9-12-16-41)43-25-21-39(22-26-43)53(3,4)5)48-32-38-20-30-50(36(2)46(38)34-52(48)57-51)56(42-17-13-10-14-18-42)44-27-23-40(24-28-44)54(6,7)8/h9-34H,1-8H3. The smallest absolute Gasteiger partial charge is 0.0497 e. The van der Waals surface area contributed by atoms with Gasteiger partial charge in [-0.05, 0) is 153 Å². The van der Waals surface area contributed by atoms with E-state index in [0.717, 1.165) is 22.7 Å². The van der Waals surface area contributed by atoms with Gasteiger partial charge in [-0.2, -0.15) is 0 Å². The molecule has 1 aromatic heterocycles. The van der Waals surface area contributed by atoms with E-state index >= 15 is 0 Å². The summed E-state index contributed by atoms with van der Waals surface area (Å²) in [5.41, 5.74) is 12.4. The number of benzene rings is 8. The molecule has 8 aromatic carbocycles. The first-order chi connectivity index (χ1) is 27.3. The lowest BCUT2D eigenvalue weighted by molar-refractivity contribution is 0.590. The second kappa shape index (κ2) is 13.9. The summed E-state index contributed by atoms with van der Waals surface area (Å²) in [6.45, 7) is 18.2. The maximum atomic E-state index is 2.43. The average Bonchev–Trinajstić information content (AvgIpc) is 3.55. The SMILES string of the molecule is Cc1c(N(c2ccccc2)c2ccc(C(C)(C)C)cc2)ccc2cc3c(cc12)sc1cc2c(C)c(N(c4ccccc4)c4ccc(C(C)(C)C)cc4)ccc2cc13. The van der Waals surface area contributed by atoms with Crippen molar-refractivity contribution in [3.8, 4) is 0 Å². The number of aryl methyl sites for hydroxylation is 2. The molecule has 0 N–H and O–H groups in total. The lowest BCUT2D eigenvalue weighted by Crippen LogP contribution is -2.13. The molecule has 2 nitrogen and oxygen atoms in total. The molecule has 9 rings (SSSR count). The van der Waals surface area contributed by atoms with Gasteiger partial charge in [0.25, 0.3) is 0 Å². The van der Waals surface area contributed by atoms with Crippen LogP contribution in [-0.2, 0) is 10.8 Å². The summed E-state index contributed by atoms with van der Waals surface area (Å²) in [5, 5.41) is 7.75. The molecule has 0 aliphatic heterocycles. The summed E-state index contributed by atoms with van der Waals surface area (Å²) in [4.78, 5) is 4.81. The average molecular weight is 759 g/mol. The van der Waals surface area contributed by atoms with Crippen LogP contribution in [0, 0.1) is 13.8 Å². The van der Waals surface area contributed by atoms with Gasteiger partial charge >= 0.3 is 0 Å². The van der Waals surface area contributed by atoms with Crippen LogP contribution >= 0.6 is 11.3 Å². The van der Waals surface area contributed by atoms with Crippen LogP contribution in [0.5, 0.6) is 0 Å². The van der Waals surface area contributed by atoms with Crippen molar-refractivity contribution in [3.05, 3.63) is 180 Å². The fourth-order valence-electron chi connectivity index (χ4n) is 8.40. The first-order valence-corrected chi connectivity index (χ1v) is 20.9. The van der Waals surface area contributed by atoms with Crippen LogP contribution in [-0.4, -0.2) is 0 Å². The van der Waals surface area contributed by atoms with Crippen LogP contribution in [0.15, 0.2) is 158 Å². The summed E-state index contributed by atoms with van der Waals surface area (Å²) in [6, 6.07) is 58.6. The van der Waals surface area contributed by atoms with Crippen molar-refractivity contribution in [1.29, 1.82) is 0 Å². The Balaban J connectivity index is 1.16. The van der Waals surface area contributed by atoms with Gasteiger partial charge in [-0.15, -0.1) is 11.3 Å². The highest BCUT2D eigenvalue weighted by Gasteiger charge is 2.21. The molecule has 9 aromatic rings. The summed E-state index contributed by atoms with van der Waals surface area (Å²) in [5.74, 6) is 0. The Morgan fingerprint density at radius 1 is 0.368 bits per heavy atom. The minimum absolute atomic E-state index is 0.0961. The summed E-state index contributed by atoms with van der Waals surface area (Å²) >= 11 is 1.90. The number of fused-ring (bicyclic) bond motifs is 5. The van der Waals surface area contributed by atoms with Crippen LogP contribution in [0.4, 0.5) is 34.1 Å². The summed E-state index contributed by atoms with van der Waals surface area (Å²) < 4.78 is 2.63. The van der Waals surface area contributed by atoms with Crippen LogP contribution in [0.2, 0.25) is 0 Å². The van der Waals surface area contributed by atoms with Gasteiger partial charge < -0.3 is 9.80 Å². The number of nitrogens with zero attached hydrogens (tertiary/aromatic N) is 2. The largest absolute Gasteiger partial charge is 0.310 e. The van der Waals surface area contributed by atoms with E-state index < -0.39 is 0 Å². The molecule has 282 valence electrons. The molecule has 57 heavy (non-hydrogen) atoms. The molecule has 0 saturated carbocycles. The van der Waals surface area contributed by atoms with Gasteiger partial charge in [0.2, 0.25) is 0 Å². The molecule has 1 heterocycles. The zero-order chi connectivity index (χ0) is 39.6. The Hall–Kier alpha value is -5.90.